The predicted octanol–water partition coefficient (Wildman–Crippen LogP) is 4.98. The van der Waals surface area contributed by atoms with Crippen LogP contribution in [0.4, 0.5) is 8.78 Å². The number of rotatable bonds is 5. The van der Waals surface area contributed by atoms with Crippen LogP contribution in [-0.4, -0.2) is 11.1 Å². The van der Waals surface area contributed by atoms with Crippen molar-refractivity contribution < 1.29 is 8.78 Å². The molecule has 1 aromatic rings. The van der Waals surface area contributed by atoms with Crippen LogP contribution in [-0.2, 0) is 5.75 Å². The van der Waals surface area contributed by atoms with Crippen LogP contribution < -0.4 is 0 Å². The van der Waals surface area contributed by atoms with Crippen LogP contribution >= 0.6 is 39.3 Å². The van der Waals surface area contributed by atoms with E-state index in [1.54, 1.807) is 0 Å². The van der Waals surface area contributed by atoms with Gasteiger partial charge in [-0.25, -0.2) is 8.78 Å². The molecule has 5 heteroatoms. The van der Waals surface area contributed by atoms with Gasteiger partial charge < -0.3 is 0 Å². The molecule has 16 heavy (non-hydrogen) atoms. The first-order valence-electron chi connectivity index (χ1n) is 4.86. The second kappa shape index (κ2) is 6.82. The van der Waals surface area contributed by atoms with Crippen molar-refractivity contribution in [3.8, 4) is 0 Å². The lowest BCUT2D eigenvalue weighted by Gasteiger charge is -2.11. The molecule has 1 unspecified atom stereocenters. The molecule has 0 spiro atoms. The Morgan fingerprint density at radius 3 is 2.75 bits per heavy atom. The number of benzene rings is 1. The SMILES string of the molecule is CC(CCCl)SCc1c(F)ccc(Br)c1F. The van der Waals surface area contributed by atoms with Crippen molar-refractivity contribution in [2.45, 2.75) is 24.3 Å². The second-order valence-corrected chi connectivity index (χ2v) is 6.08. The summed E-state index contributed by atoms with van der Waals surface area (Å²) in [5.41, 5.74) is 0.126. The maximum absolute atomic E-state index is 13.6. The Labute approximate surface area is 112 Å². The van der Waals surface area contributed by atoms with Gasteiger partial charge in [-0.3, -0.25) is 0 Å². The zero-order valence-corrected chi connectivity index (χ0v) is 11.9. The summed E-state index contributed by atoms with van der Waals surface area (Å²) in [6, 6.07) is 2.65. The van der Waals surface area contributed by atoms with Crippen LogP contribution in [0.25, 0.3) is 0 Å². The minimum atomic E-state index is -0.509. The smallest absolute Gasteiger partial charge is 0.144 e. The fraction of sp³-hybridized carbons (Fsp3) is 0.455. The molecule has 1 atom stereocenters. The van der Waals surface area contributed by atoms with Crippen LogP contribution in [0.2, 0.25) is 0 Å². The van der Waals surface area contributed by atoms with Gasteiger partial charge in [0.05, 0.1) is 4.47 Å². The average Bonchev–Trinajstić information content (AvgIpc) is 2.24. The number of hydrogen-bond donors (Lipinski definition) is 0. The summed E-state index contributed by atoms with van der Waals surface area (Å²) in [5.74, 6) is -0.107. The van der Waals surface area contributed by atoms with Gasteiger partial charge in [-0.05, 0) is 34.5 Å². The summed E-state index contributed by atoms with van der Waals surface area (Å²) in [5, 5.41) is 0.301. The molecule has 0 aliphatic rings. The molecule has 0 heterocycles. The van der Waals surface area contributed by atoms with E-state index in [2.05, 4.69) is 15.9 Å². The molecule has 0 aliphatic carbocycles. The van der Waals surface area contributed by atoms with Crippen molar-refractivity contribution in [3.05, 3.63) is 33.8 Å². The van der Waals surface area contributed by atoms with E-state index in [4.69, 9.17) is 11.6 Å². The Morgan fingerprint density at radius 2 is 2.12 bits per heavy atom. The average molecular weight is 330 g/mol. The van der Waals surface area contributed by atoms with E-state index in [-0.39, 0.29) is 5.56 Å². The van der Waals surface area contributed by atoms with E-state index in [1.807, 2.05) is 6.92 Å². The van der Waals surface area contributed by atoms with Crippen molar-refractivity contribution in [3.63, 3.8) is 0 Å². The summed E-state index contributed by atoms with van der Waals surface area (Å²) in [6.45, 7) is 2.00. The van der Waals surface area contributed by atoms with Crippen molar-refractivity contribution >= 4 is 39.3 Å². The first-order valence-corrected chi connectivity index (χ1v) is 7.23. The summed E-state index contributed by atoms with van der Waals surface area (Å²) >= 11 is 10.1. The highest BCUT2D eigenvalue weighted by atomic mass is 79.9. The normalized spacial score (nSPS) is 12.8. The summed E-state index contributed by atoms with van der Waals surface area (Å²) in [6.07, 6.45) is 0.837. The van der Waals surface area contributed by atoms with Crippen molar-refractivity contribution in [2.24, 2.45) is 0 Å². The van der Waals surface area contributed by atoms with Gasteiger partial charge in [-0.15, -0.1) is 11.6 Å². The highest BCUT2D eigenvalue weighted by molar-refractivity contribution is 9.10. The molecule has 0 aliphatic heterocycles. The minimum Gasteiger partial charge on any atom is -0.207 e. The Balaban J connectivity index is 2.70. The van der Waals surface area contributed by atoms with Gasteiger partial charge in [-0.2, -0.15) is 11.8 Å². The number of alkyl halides is 1. The Morgan fingerprint density at radius 1 is 1.44 bits per heavy atom. The topological polar surface area (TPSA) is 0 Å². The van der Waals surface area contributed by atoms with Crippen LogP contribution in [0.1, 0.15) is 18.9 Å². The van der Waals surface area contributed by atoms with Crippen LogP contribution in [0.3, 0.4) is 0 Å². The van der Waals surface area contributed by atoms with Gasteiger partial charge in [0.15, 0.2) is 0 Å². The molecule has 0 bridgehead atoms. The molecule has 0 N–H and O–H groups in total. The van der Waals surface area contributed by atoms with Crippen molar-refractivity contribution in [2.75, 3.05) is 5.88 Å². The molecule has 90 valence electrons. The third-order valence-corrected chi connectivity index (χ3v) is 4.26. The third-order valence-electron chi connectivity index (χ3n) is 2.17. The maximum atomic E-state index is 13.6. The molecule has 0 saturated heterocycles. The fourth-order valence-electron chi connectivity index (χ4n) is 1.16. The van der Waals surface area contributed by atoms with E-state index in [0.717, 1.165) is 6.42 Å². The third kappa shape index (κ3) is 3.90. The van der Waals surface area contributed by atoms with Crippen LogP contribution in [0, 0.1) is 11.6 Å². The van der Waals surface area contributed by atoms with E-state index in [0.29, 0.717) is 21.4 Å². The molecular formula is C11H12BrClF2S. The maximum Gasteiger partial charge on any atom is 0.144 e. The lowest BCUT2D eigenvalue weighted by molar-refractivity contribution is 0.562. The first-order chi connectivity index (χ1) is 7.56. The van der Waals surface area contributed by atoms with Gasteiger partial charge in [-0.1, -0.05) is 6.92 Å². The van der Waals surface area contributed by atoms with E-state index >= 15 is 0 Å². The fourth-order valence-corrected chi connectivity index (χ4v) is 2.99. The number of halogens is 4. The molecular weight excluding hydrogens is 318 g/mol. The largest absolute Gasteiger partial charge is 0.207 e. The lowest BCUT2D eigenvalue weighted by Crippen LogP contribution is -2.01. The standard InChI is InChI=1S/C11H12BrClF2S/c1-7(4-5-13)16-6-8-10(14)3-2-9(12)11(8)15/h2-3,7H,4-6H2,1H3. The summed E-state index contributed by atoms with van der Waals surface area (Å²) in [4.78, 5) is 0. The minimum absolute atomic E-state index is 0.126. The molecule has 0 radical (unpaired) electrons. The van der Waals surface area contributed by atoms with Gasteiger partial charge in [0, 0.05) is 22.4 Å². The van der Waals surface area contributed by atoms with Gasteiger partial charge in [0.2, 0.25) is 0 Å². The molecule has 0 fully saturated rings. The van der Waals surface area contributed by atoms with Gasteiger partial charge in [0.1, 0.15) is 11.6 Å². The predicted molar refractivity (Wildman–Crippen MR) is 70.2 cm³/mol. The molecule has 0 aromatic heterocycles. The highest BCUT2D eigenvalue weighted by Crippen LogP contribution is 2.27. The molecule has 1 aromatic carbocycles. The highest BCUT2D eigenvalue weighted by Gasteiger charge is 2.13. The summed E-state index contributed by atoms with van der Waals surface area (Å²) in [7, 11) is 0. The van der Waals surface area contributed by atoms with E-state index in [1.165, 1.54) is 23.9 Å². The summed E-state index contributed by atoms with van der Waals surface area (Å²) < 4.78 is 27.2. The Kier molecular flexibility index (Phi) is 6.08. The van der Waals surface area contributed by atoms with E-state index < -0.39 is 11.6 Å². The van der Waals surface area contributed by atoms with Gasteiger partial charge >= 0.3 is 0 Å². The molecule has 0 nitrogen and oxygen atoms in total. The second-order valence-electron chi connectivity index (χ2n) is 3.42. The Hall–Kier alpha value is 0.200. The lowest BCUT2D eigenvalue weighted by atomic mass is 10.2. The zero-order chi connectivity index (χ0) is 12.1. The van der Waals surface area contributed by atoms with Crippen LogP contribution in [0.5, 0.6) is 0 Å². The van der Waals surface area contributed by atoms with Crippen LogP contribution in [0.15, 0.2) is 16.6 Å². The number of thioether (sulfide) groups is 1. The van der Waals surface area contributed by atoms with Crippen molar-refractivity contribution in [1.29, 1.82) is 0 Å². The molecule has 1 rings (SSSR count). The molecule has 0 amide bonds. The first kappa shape index (κ1) is 14.3. The zero-order valence-electron chi connectivity index (χ0n) is 8.77. The Bertz CT molecular complexity index is 360. The monoisotopic (exact) mass is 328 g/mol. The van der Waals surface area contributed by atoms with E-state index in [9.17, 15) is 8.78 Å². The van der Waals surface area contributed by atoms with Crippen molar-refractivity contribution in [1.82, 2.24) is 0 Å². The molecule has 0 saturated carbocycles. The quantitative estimate of drug-likeness (QED) is 0.542. The van der Waals surface area contributed by atoms with Gasteiger partial charge in [0.25, 0.3) is 0 Å². The number of hydrogen-bond acceptors (Lipinski definition) is 1.